The van der Waals surface area contributed by atoms with E-state index in [0.29, 0.717) is 11.5 Å². The summed E-state index contributed by atoms with van der Waals surface area (Å²) in [6.45, 7) is 3.74. The minimum absolute atomic E-state index is 0.172. The van der Waals surface area contributed by atoms with Gasteiger partial charge in [0.1, 0.15) is 5.82 Å². The van der Waals surface area contributed by atoms with E-state index in [4.69, 9.17) is 0 Å². The molecule has 0 bridgehead atoms. The normalized spacial score (nSPS) is 15.9. The van der Waals surface area contributed by atoms with Crippen molar-refractivity contribution in [3.8, 4) is 5.69 Å². The summed E-state index contributed by atoms with van der Waals surface area (Å²) in [6, 6.07) is 5.15. The number of nitrogens with zero attached hydrogens (tertiary/aromatic N) is 2. The van der Waals surface area contributed by atoms with Gasteiger partial charge in [-0.25, -0.2) is 9.37 Å². The lowest BCUT2D eigenvalue weighted by molar-refractivity contribution is 0.435. The molecule has 0 spiro atoms. The first-order chi connectivity index (χ1) is 8.27. The van der Waals surface area contributed by atoms with Gasteiger partial charge < -0.3 is 9.88 Å². The van der Waals surface area contributed by atoms with Crippen LogP contribution in [0.25, 0.3) is 5.69 Å². The molecule has 88 valence electrons. The third-order valence-electron chi connectivity index (χ3n) is 3.37. The highest BCUT2D eigenvalue weighted by molar-refractivity contribution is 5.43. The Labute approximate surface area is 99.3 Å². The van der Waals surface area contributed by atoms with Crippen LogP contribution in [0.15, 0.2) is 30.7 Å². The fourth-order valence-corrected chi connectivity index (χ4v) is 2.16. The summed E-state index contributed by atoms with van der Waals surface area (Å²) < 4.78 is 15.5. The highest BCUT2D eigenvalue weighted by Gasteiger charge is 2.23. The molecule has 1 aliphatic rings. The van der Waals surface area contributed by atoms with E-state index < -0.39 is 0 Å². The smallest absolute Gasteiger partial charge is 0.128 e. The predicted molar refractivity (Wildman–Crippen MR) is 63.9 cm³/mol. The van der Waals surface area contributed by atoms with E-state index in [9.17, 15) is 4.39 Å². The first kappa shape index (κ1) is 10.5. The molecule has 3 rings (SSSR count). The molecule has 0 atom stereocenters. The first-order valence-corrected chi connectivity index (χ1v) is 5.76. The Morgan fingerprint density at radius 1 is 1.41 bits per heavy atom. The topological polar surface area (TPSA) is 29.9 Å². The van der Waals surface area contributed by atoms with Gasteiger partial charge in [-0.1, -0.05) is 6.07 Å². The van der Waals surface area contributed by atoms with Crippen LogP contribution in [0.5, 0.6) is 0 Å². The molecule has 0 amide bonds. The SMILES string of the molecule is Cc1c(F)cccc1-n1cncc1C1CNC1. The fourth-order valence-electron chi connectivity index (χ4n) is 2.16. The van der Waals surface area contributed by atoms with Crippen LogP contribution in [0.3, 0.4) is 0 Å². The Balaban J connectivity index is 2.09. The lowest BCUT2D eigenvalue weighted by Gasteiger charge is -2.28. The van der Waals surface area contributed by atoms with Crippen LogP contribution in [-0.2, 0) is 0 Å². The second kappa shape index (κ2) is 3.96. The maximum atomic E-state index is 13.6. The van der Waals surface area contributed by atoms with E-state index in [2.05, 4.69) is 10.3 Å². The van der Waals surface area contributed by atoms with Crippen LogP contribution in [0.4, 0.5) is 4.39 Å². The molecule has 2 aromatic rings. The van der Waals surface area contributed by atoms with Crippen LogP contribution in [0.1, 0.15) is 17.2 Å². The minimum atomic E-state index is -0.172. The summed E-state index contributed by atoms with van der Waals surface area (Å²) in [5.74, 6) is 0.314. The average molecular weight is 231 g/mol. The van der Waals surface area contributed by atoms with Gasteiger partial charge in [0.25, 0.3) is 0 Å². The van der Waals surface area contributed by atoms with Gasteiger partial charge in [0, 0.05) is 36.5 Å². The van der Waals surface area contributed by atoms with Crippen molar-refractivity contribution in [2.75, 3.05) is 13.1 Å². The number of nitrogens with one attached hydrogen (secondary N) is 1. The predicted octanol–water partition coefficient (Wildman–Crippen LogP) is 2.01. The van der Waals surface area contributed by atoms with Crippen LogP contribution < -0.4 is 5.32 Å². The average Bonchev–Trinajstić information content (AvgIpc) is 2.68. The highest BCUT2D eigenvalue weighted by Crippen LogP contribution is 2.25. The molecule has 4 heteroatoms. The highest BCUT2D eigenvalue weighted by atomic mass is 19.1. The quantitative estimate of drug-likeness (QED) is 0.856. The maximum Gasteiger partial charge on any atom is 0.128 e. The zero-order valence-electron chi connectivity index (χ0n) is 9.65. The van der Waals surface area contributed by atoms with Gasteiger partial charge >= 0.3 is 0 Å². The van der Waals surface area contributed by atoms with Crippen LogP contribution in [-0.4, -0.2) is 22.6 Å². The molecule has 0 unspecified atom stereocenters. The molecular weight excluding hydrogens is 217 g/mol. The molecule has 0 radical (unpaired) electrons. The van der Waals surface area contributed by atoms with E-state index in [1.165, 1.54) is 6.07 Å². The lowest BCUT2D eigenvalue weighted by atomic mass is 9.99. The number of hydrogen-bond acceptors (Lipinski definition) is 2. The Hall–Kier alpha value is -1.68. The van der Waals surface area contributed by atoms with E-state index in [-0.39, 0.29) is 5.82 Å². The molecule has 17 heavy (non-hydrogen) atoms. The van der Waals surface area contributed by atoms with Crippen molar-refractivity contribution >= 4 is 0 Å². The van der Waals surface area contributed by atoms with Gasteiger partial charge in [0.05, 0.1) is 12.0 Å². The Morgan fingerprint density at radius 2 is 2.24 bits per heavy atom. The zero-order valence-corrected chi connectivity index (χ0v) is 9.65. The molecule has 1 aliphatic heterocycles. The molecule has 1 aromatic heterocycles. The number of halogens is 1. The Morgan fingerprint density at radius 3 is 2.94 bits per heavy atom. The van der Waals surface area contributed by atoms with E-state index in [1.54, 1.807) is 19.3 Å². The third kappa shape index (κ3) is 1.65. The van der Waals surface area contributed by atoms with Crippen LogP contribution in [0.2, 0.25) is 0 Å². The summed E-state index contributed by atoms with van der Waals surface area (Å²) in [6.07, 6.45) is 3.63. The Kier molecular flexibility index (Phi) is 2.44. The summed E-state index contributed by atoms with van der Waals surface area (Å²) in [7, 11) is 0. The minimum Gasteiger partial charge on any atom is -0.315 e. The van der Waals surface area contributed by atoms with E-state index in [1.807, 2.05) is 16.8 Å². The van der Waals surface area contributed by atoms with Gasteiger partial charge in [0.15, 0.2) is 0 Å². The van der Waals surface area contributed by atoms with Crippen molar-refractivity contribution in [3.63, 3.8) is 0 Å². The van der Waals surface area contributed by atoms with Gasteiger partial charge in [-0.05, 0) is 19.1 Å². The summed E-state index contributed by atoms with van der Waals surface area (Å²) in [5, 5.41) is 3.24. The molecule has 1 aromatic carbocycles. The summed E-state index contributed by atoms with van der Waals surface area (Å²) >= 11 is 0. The second-order valence-corrected chi connectivity index (χ2v) is 4.43. The number of rotatable bonds is 2. The van der Waals surface area contributed by atoms with Gasteiger partial charge in [-0.3, -0.25) is 0 Å². The maximum absolute atomic E-state index is 13.6. The van der Waals surface area contributed by atoms with Crippen LogP contribution >= 0.6 is 0 Å². The number of benzene rings is 1. The standard InChI is InChI=1S/C13H14FN3/c1-9-11(14)3-2-4-12(9)17-8-16-7-13(17)10-5-15-6-10/h2-4,7-8,10,15H,5-6H2,1H3. The van der Waals surface area contributed by atoms with Crippen molar-refractivity contribution in [2.45, 2.75) is 12.8 Å². The summed E-state index contributed by atoms with van der Waals surface area (Å²) in [4.78, 5) is 4.18. The summed E-state index contributed by atoms with van der Waals surface area (Å²) in [5.41, 5.74) is 2.70. The number of hydrogen-bond donors (Lipinski definition) is 1. The number of aromatic nitrogens is 2. The molecule has 1 N–H and O–H groups in total. The largest absolute Gasteiger partial charge is 0.315 e. The lowest BCUT2D eigenvalue weighted by Crippen LogP contribution is -2.40. The third-order valence-corrected chi connectivity index (χ3v) is 3.37. The molecule has 1 saturated heterocycles. The number of imidazole rings is 1. The zero-order chi connectivity index (χ0) is 11.8. The molecule has 0 saturated carbocycles. The van der Waals surface area contributed by atoms with Gasteiger partial charge in [0.2, 0.25) is 0 Å². The monoisotopic (exact) mass is 231 g/mol. The Bertz CT molecular complexity index is 543. The van der Waals surface area contributed by atoms with Crippen molar-refractivity contribution in [1.29, 1.82) is 0 Å². The molecule has 3 nitrogen and oxygen atoms in total. The van der Waals surface area contributed by atoms with Gasteiger partial charge in [-0.15, -0.1) is 0 Å². The van der Waals surface area contributed by atoms with Crippen molar-refractivity contribution in [3.05, 3.63) is 47.8 Å². The van der Waals surface area contributed by atoms with Crippen molar-refractivity contribution < 1.29 is 4.39 Å². The van der Waals surface area contributed by atoms with E-state index >= 15 is 0 Å². The van der Waals surface area contributed by atoms with Gasteiger partial charge in [-0.2, -0.15) is 0 Å². The fraction of sp³-hybridized carbons (Fsp3) is 0.308. The molecule has 2 heterocycles. The van der Waals surface area contributed by atoms with Crippen molar-refractivity contribution in [2.24, 2.45) is 0 Å². The second-order valence-electron chi connectivity index (χ2n) is 4.43. The molecular formula is C13H14FN3. The van der Waals surface area contributed by atoms with Crippen molar-refractivity contribution in [1.82, 2.24) is 14.9 Å². The molecule has 1 fully saturated rings. The first-order valence-electron chi connectivity index (χ1n) is 5.76. The van der Waals surface area contributed by atoms with Crippen LogP contribution in [0, 0.1) is 12.7 Å². The van der Waals surface area contributed by atoms with E-state index in [0.717, 1.165) is 24.5 Å². The molecule has 0 aliphatic carbocycles.